The molecule has 0 saturated carbocycles. The number of aliphatic hydroxyl groups excluding tert-OH is 1. The Bertz CT molecular complexity index is 265. The molecule has 3 heteroatoms. The monoisotopic (exact) mass is 182 g/mol. The molecule has 0 amide bonds. The highest BCUT2D eigenvalue weighted by Gasteiger charge is 2.32. The van der Waals surface area contributed by atoms with Gasteiger partial charge in [0.2, 0.25) is 0 Å². The lowest BCUT2D eigenvalue weighted by atomic mass is 10.0. The summed E-state index contributed by atoms with van der Waals surface area (Å²) in [5.41, 5.74) is 1.27. The van der Waals surface area contributed by atoms with E-state index >= 15 is 0 Å². The average molecular weight is 182 g/mol. The van der Waals surface area contributed by atoms with Gasteiger partial charge < -0.3 is 9.84 Å². The number of carbonyl (C=O) groups is 1. The predicted molar refractivity (Wildman–Crippen MR) is 49.0 cm³/mol. The summed E-state index contributed by atoms with van der Waals surface area (Å²) in [5.74, 6) is -0.429. The van der Waals surface area contributed by atoms with E-state index in [0.29, 0.717) is 17.6 Å². The van der Waals surface area contributed by atoms with Crippen LogP contribution in [-0.4, -0.2) is 24.3 Å². The van der Waals surface area contributed by atoms with Crippen LogP contribution in [0.5, 0.6) is 0 Å². The molecule has 72 valence electrons. The standard InChI is InChI=1S/C10H14O3/c1-4-7-5-8(11)6(2)9(7)10(12)13-3/h4,7-8,11H,1,5H2,2-3H3/t7-,8+/m0/s1. The van der Waals surface area contributed by atoms with Gasteiger partial charge in [0.05, 0.1) is 13.2 Å². The minimum Gasteiger partial charge on any atom is -0.466 e. The Morgan fingerprint density at radius 3 is 2.85 bits per heavy atom. The van der Waals surface area contributed by atoms with Gasteiger partial charge in [0.1, 0.15) is 0 Å². The number of allylic oxidation sites excluding steroid dienone is 1. The lowest BCUT2D eigenvalue weighted by molar-refractivity contribution is -0.136. The number of hydrogen-bond acceptors (Lipinski definition) is 3. The minimum atomic E-state index is -0.530. The summed E-state index contributed by atoms with van der Waals surface area (Å²) in [6.07, 6.45) is 1.68. The van der Waals surface area contributed by atoms with E-state index in [1.807, 2.05) is 0 Å². The molecule has 0 aliphatic heterocycles. The molecule has 1 aliphatic carbocycles. The number of esters is 1. The van der Waals surface area contributed by atoms with Crippen molar-refractivity contribution in [2.24, 2.45) is 5.92 Å². The lowest BCUT2D eigenvalue weighted by Crippen LogP contribution is -2.10. The molecule has 3 nitrogen and oxygen atoms in total. The highest BCUT2D eigenvalue weighted by molar-refractivity contribution is 5.91. The van der Waals surface area contributed by atoms with Crippen LogP contribution in [0, 0.1) is 5.92 Å². The number of methoxy groups -OCH3 is 1. The zero-order chi connectivity index (χ0) is 10.0. The van der Waals surface area contributed by atoms with Crippen LogP contribution in [0.25, 0.3) is 0 Å². The first-order valence-electron chi connectivity index (χ1n) is 4.21. The van der Waals surface area contributed by atoms with Crippen molar-refractivity contribution in [2.75, 3.05) is 7.11 Å². The van der Waals surface area contributed by atoms with Gasteiger partial charge in [0, 0.05) is 11.5 Å². The summed E-state index contributed by atoms with van der Waals surface area (Å²) >= 11 is 0. The van der Waals surface area contributed by atoms with Crippen LogP contribution >= 0.6 is 0 Å². The third-order valence-electron chi connectivity index (χ3n) is 2.46. The number of carbonyl (C=O) groups excluding carboxylic acids is 1. The molecule has 2 atom stereocenters. The zero-order valence-electron chi connectivity index (χ0n) is 7.91. The largest absolute Gasteiger partial charge is 0.466 e. The van der Waals surface area contributed by atoms with Gasteiger partial charge >= 0.3 is 5.97 Å². The van der Waals surface area contributed by atoms with Gasteiger partial charge in [-0.3, -0.25) is 0 Å². The molecule has 0 fully saturated rings. The molecule has 0 radical (unpaired) electrons. The van der Waals surface area contributed by atoms with Gasteiger partial charge in [-0.05, 0) is 18.9 Å². The predicted octanol–water partition coefficient (Wildman–Crippen LogP) is 1.04. The van der Waals surface area contributed by atoms with Gasteiger partial charge in [-0.25, -0.2) is 4.79 Å². The van der Waals surface area contributed by atoms with Crippen LogP contribution in [-0.2, 0) is 9.53 Å². The Balaban J connectivity index is 2.99. The second-order valence-corrected chi connectivity index (χ2v) is 3.18. The van der Waals surface area contributed by atoms with E-state index in [-0.39, 0.29) is 11.9 Å². The van der Waals surface area contributed by atoms with E-state index in [0.717, 1.165) is 0 Å². The van der Waals surface area contributed by atoms with E-state index in [1.54, 1.807) is 13.0 Å². The molecular formula is C10H14O3. The second kappa shape index (κ2) is 3.75. The van der Waals surface area contributed by atoms with Crippen LogP contribution in [0.2, 0.25) is 0 Å². The maximum absolute atomic E-state index is 11.3. The number of rotatable bonds is 2. The summed E-state index contributed by atoms with van der Waals surface area (Å²) in [5, 5.41) is 9.50. The summed E-state index contributed by atoms with van der Waals surface area (Å²) in [7, 11) is 1.34. The fourth-order valence-electron chi connectivity index (χ4n) is 1.64. The molecule has 1 N–H and O–H groups in total. The minimum absolute atomic E-state index is 0.0672. The van der Waals surface area contributed by atoms with E-state index in [4.69, 9.17) is 0 Å². The van der Waals surface area contributed by atoms with Gasteiger partial charge in [-0.1, -0.05) is 6.08 Å². The van der Waals surface area contributed by atoms with Gasteiger partial charge in [0.15, 0.2) is 0 Å². The maximum Gasteiger partial charge on any atom is 0.334 e. The SMILES string of the molecule is C=C[C@H]1C[C@@H](O)C(C)=C1C(=O)OC. The number of aliphatic hydroxyl groups is 1. The fourth-order valence-corrected chi connectivity index (χ4v) is 1.64. The third-order valence-corrected chi connectivity index (χ3v) is 2.46. The van der Waals surface area contributed by atoms with Crippen LogP contribution in [0.15, 0.2) is 23.8 Å². The topological polar surface area (TPSA) is 46.5 Å². The smallest absolute Gasteiger partial charge is 0.334 e. The van der Waals surface area contributed by atoms with Crippen LogP contribution < -0.4 is 0 Å². The van der Waals surface area contributed by atoms with Crippen molar-refractivity contribution >= 4 is 5.97 Å². The van der Waals surface area contributed by atoms with Crippen molar-refractivity contribution in [1.82, 2.24) is 0 Å². The lowest BCUT2D eigenvalue weighted by Gasteiger charge is -2.07. The Hall–Kier alpha value is -1.09. The molecule has 0 heterocycles. The molecule has 0 bridgehead atoms. The van der Waals surface area contributed by atoms with Crippen molar-refractivity contribution in [3.63, 3.8) is 0 Å². The number of hydrogen-bond donors (Lipinski definition) is 1. The first-order valence-corrected chi connectivity index (χ1v) is 4.21. The van der Waals surface area contributed by atoms with Crippen molar-refractivity contribution < 1.29 is 14.6 Å². The van der Waals surface area contributed by atoms with Crippen LogP contribution in [0.4, 0.5) is 0 Å². The van der Waals surface area contributed by atoms with E-state index in [2.05, 4.69) is 11.3 Å². The Morgan fingerprint density at radius 2 is 2.38 bits per heavy atom. The number of ether oxygens (including phenoxy) is 1. The fraction of sp³-hybridized carbons (Fsp3) is 0.500. The first kappa shape index (κ1) is 9.99. The summed E-state index contributed by atoms with van der Waals surface area (Å²) in [6, 6.07) is 0. The Morgan fingerprint density at radius 1 is 1.77 bits per heavy atom. The summed E-state index contributed by atoms with van der Waals surface area (Å²) in [6.45, 7) is 5.38. The Kier molecular flexibility index (Phi) is 2.88. The average Bonchev–Trinajstić information content (AvgIpc) is 2.42. The molecule has 0 unspecified atom stereocenters. The van der Waals surface area contributed by atoms with Gasteiger partial charge in [0.25, 0.3) is 0 Å². The molecular weight excluding hydrogens is 168 g/mol. The first-order chi connectivity index (χ1) is 6.11. The normalized spacial score (nSPS) is 27.6. The highest BCUT2D eigenvalue weighted by Crippen LogP contribution is 2.33. The highest BCUT2D eigenvalue weighted by atomic mass is 16.5. The van der Waals surface area contributed by atoms with Crippen LogP contribution in [0.1, 0.15) is 13.3 Å². The summed E-state index contributed by atoms with van der Waals surface area (Å²) < 4.78 is 4.63. The van der Waals surface area contributed by atoms with Crippen molar-refractivity contribution in [2.45, 2.75) is 19.4 Å². The molecule has 1 rings (SSSR count). The maximum atomic E-state index is 11.3. The molecule has 0 spiro atoms. The quantitative estimate of drug-likeness (QED) is 0.512. The second-order valence-electron chi connectivity index (χ2n) is 3.18. The third kappa shape index (κ3) is 1.65. The van der Waals surface area contributed by atoms with Crippen molar-refractivity contribution in [1.29, 1.82) is 0 Å². The molecule has 0 saturated heterocycles. The van der Waals surface area contributed by atoms with E-state index < -0.39 is 6.10 Å². The van der Waals surface area contributed by atoms with Gasteiger partial charge in [-0.2, -0.15) is 0 Å². The van der Waals surface area contributed by atoms with Crippen molar-refractivity contribution in [3.05, 3.63) is 23.8 Å². The zero-order valence-corrected chi connectivity index (χ0v) is 7.91. The van der Waals surface area contributed by atoms with E-state index in [1.165, 1.54) is 7.11 Å². The Labute approximate surface area is 77.7 Å². The van der Waals surface area contributed by atoms with Crippen LogP contribution in [0.3, 0.4) is 0 Å². The summed E-state index contributed by atoms with van der Waals surface area (Å²) in [4.78, 5) is 11.3. The molecule has 0 aromatic rings. The molecule has 1 aliphatic rings. The van der Waals surface area contributed by atoms with Crippen molar-refractivity contribution in [3.8, 4) is 0 Å². The van der Waals surface area contributed by atoms with E-state index in [9.17, 15) is 9.90 Å². The molecule has 0 aromatic carbocycles. The molecule has 13 heavy (non-hydrogen) atoms. The molecule has 0 aromatic heterocycles. The van der Waals surface area contributed by atoms with Gasteiger partial charge in [-0.15, -0.1) is 6.58 Å².